The summed E-state index contributed by atoms with van der Waals surface area (Å²) >= 11 is 1.72. The highest BCUT2D eigenvalue weighted by Gasteiger charge is 2.34. The van der Waals surface area contributed by atoms with Gasteiger partial charge in [-0.2, -0.15) is 0 Å². The van der Waals surface area contributed by atoms with E-state index >= 15 is 0 Å². The van der Waals surface area contributed by atoms with Crippen molar-refractivity contribution in [1.29, 1.82) is 0 Å². The number of aryl methyl sites for hydroxylation is 1. The highest BCUT2D eigenvalue weighted by molar-refractivity contribution is 7.18. The van der Waals surface area contributed by atoms with E-state index in [1.54, 1.807) is 11.3 Å². The number of nitrogens with zero attached hydrogens (tertiary/aromatic N) is 2. The van der Waals surface area contributed by atoms with Crippen molar-refractivity contribution in [2.24, 2.45) is 0 Å². The molecule has 0 amide bonds. The van der Waals surface area contributed by atoms with Gasteiger partial charge >= 0.3 is 0 Å². The molecule has 1 N–H and O–H groups in total. The summed E-state index contributed by atoms with van der Waals surface area (Å²) in [6.45, 7) is 7.98. The van der Waals surface area contributed by atoms with E-state index in [1.807, 2.05) is 0 Å². The van der Waals surface area contributed by atoms with Gasteiger partial charge in [0.1, 0.15) is 16.2 Å². The molecule has 1 aliphatic rings. The first-order chi connectivity index (χ1) is 9.62. The first-order valence-electron chi connectivity index (χ1n) is 7.29. The van der Waals surface area contributed by atoms with Gasteiger partial charge in [0.25, 0.3) is 0 Å². The number of hydrogen-bond donors (Lipinski definition) is 1. The molecular weight excluding hydrogens is 270 g/mol. The molecule has 108 valence electrons. The normalized spacial score (nSPS) is 23.1. The van der Waals surface area contributed by atoms with Gasteiger partial charge in [-0.1, -0.05) is 0 Å². The van der Waals surface area contributed by atoms with Crippen LogP contribution in [0.25, 0.3) is 10.2 Å². The topological polar surface area (TPSA) is 47.0 Å². The lowest BCUT2D eigenvalue weighted by Crippen LogP contribution is -2.32. The lowest BCUT2D eigenvalue weighted by atomic mass is 9.95. The second kappa shape index (κ2) is 5.30. The Morgan fingerprint density at radius 1 is 1.40 bits per heavy atom. The van der Waals surface area contributed by atoms with Crippen LogP contribution in [0.2, 0.25) is 0 Å². The van der Waals surface area contributed by atoms with Crippen molar-refractivity contribution in [3.05, 3.63) is 16.8 Å². The molecule has 3 heterocycles. The third-order valence-electron chi connectivity index (χ3n) is 3.80. The molecule has 2 aromatic heterocycles. The molecule has 0 saturated carbocycles. The Labute approximate surface area is 123 Å². The monoisotopic (exact) mass is 291 g/mol. The van der Waals surface area contributed by atoms with Gasteiger partial charge in [0.2, 0.25) is 0 Å². The molecule has 2 aromatic rings. The number of thiophene rings is 1. The summed E-state index contributed by atoms with van der Waals surface area (Å²) < 4.78 is 5.99. The molecule has 3 rings (SSSR count). The van der Waals surface area contributed by atoms with Crippen molar-refractivity contribution in [2.45, 2.75) is 45.6 Å². The minimum atomic E-state index is -0.339. The largest absolute Gasteiger partial charge is 0.370 e. The lowest BCUT2D eigenvalue weighted by Gasteiger charge is -2.32. The zero-order chi connectivity index (χ0) is 14.2. The molecule has 0 spiro atoms. The van der Waals surface area contributed by atoms with Crippen LogP contribution in [0.5, 0.6) is 0 Å². The summed E-state index contributed by atoms with van der Waals surface area (Å²) in [5, 5.41) is 4.48. The maximum absolute atomic E-state index is 5.99. The van der Waals surface area contributed by atoms with Crippen molar-refractivity contribution < 1.29 is 4.74 Å². The van der Waals surface area contributed by atoms with Crippen LogP contribution < -0.4 is 5.32 Å². The molecule has 0 bridgehead atoms. The maximum atomic E-state index is 5.99. The van der Waals surface area contributed by atoms with Crippen LogP contribution in [0.3, 0.4) is 0 Å². The highest BCUT2D eigenvalue weighted by Crippen LogP contribution is 2.36. The Morgan fingerprint density at radius 3 is 2.95 bits per heavy atom. The van der Waals surface area contributed by atoms with Crippen LogP contribution in [0.4, 0.5) is 5.82 Å². The van der Waals surface area contributed by atoms with Crippen LogP contribution in [-0.4, -0.2) is 23.1 Å². The van der Waals surface area contributed by atoms with Crippen LogP contribution in [0, 0.1) is 6.92 Å². The van der Waals surface area contributed by atoms with Gasteiger partial charge in [0, 0.05) is 18.0 Å². The van der Waals surface area contributed by atoms with Gasteiger partial charge < -0.3 is 10.1 Å². The minimum absolute atomic E-state index is 0.339. The molecule has 1 aliphatic heterocycles. The van der Waals surface area contributed by atoms with Crippen molar-refractivity contribution in [3.8, 4) is 0 Å². The fraction of sp³-hybridized carbons (Fsp3) is 0.600. The number of nitrogens with one attached hydrogen (secondary N) is 1. The van der Waals surface area contributed by atoms with E-state index in [2.05, 4.69) is 32.2 Å². The molecule has 1 saturated heterocycles. The Morgan fingerprint density at radius 2 is 2.25 bits per heavy atom. The average molecular weight is 291 g/mol. The van der Waals surface area contributed by atoms with Gasteiger partial charge in [-0.05, 0) is 46.1 Å². The number of anilines is 1. The third kappa shape index (κ3) is 2.40. The Balaban J connectivity index is 2.11. The van der Waals surface area contributed by atoms with Gasteiger partial charge in [-0.25, -0.2) is 9.97 Å². The third-order valence-corrected chi connectivity index (χ3v) is 4.75. The molecule has 4 nitrogen and oxygen atoms in total. The lowest BCUT2D eigenvalue weighted by molar-refractivity contribution is -0.0757. The van der Waals surface area contributed by atoms with E-state index in [1.165, 1.54) is 11.3 Å². The Hall–Kier alpha value is -1.20. The fourth-order valence-corrected chi connectivity index (χ4v) is 3.57. The number of ether oxygens (including phenoxy) is 1. The minimum Gasteiger partial charge on any atom is -0.370 e. The standard InChI is InChI=1S/C15H21N3OS/c1-4-16-12-11-9-10(2)20-13(11)18-14(17-12)15(3)7-5-6-8-19-15/h9H,4-8H2,1-3H3,(H,16,17,18). The van der Waals surface area contributed by atoms with E-state index in [0.717, 1.165) is 47.9 Å². The van der Waals surface area contributed by atoms with Crippen molar-refractivity contribution in [1.82, 2.24) is 9.97 Å². The molecule has 1 unspecified atom stereocenters. The molecule has 1 atom stereocenters. The molecular formula is C15H21N3OS. The maximum Gasteiger partial charge on any atom is 0.163 e. The highest BCUT2D eigenvalue weighted by atomic mass is 32.1. The Bertz CT molecular complexity index is 617. The average Bonchev–Trinajstić information content (AvgIpc) is 2.80. The summed E-state index contributed by atoms with van der Waals surface area (Å²) in [6.07, 6.45) is 3.31. The summed E-state index contributed by atoms with van der Waals surface area (Å²) in [6, 6.07) is 2.16. The summed E-state index contributed by atoms with van der Waals surface area (Å²) in [7, 11) is 0. The van der Waals surface area contributed by atoms with Crippen molar-refractivity contribution >= 4 is 27.4 Å². The zero-order valence-corrected chi connectivity index (χ0v) is 13.1. The SMILES string of the molecule is CCNc1nc(C2(C)CCCCO2)nc2sc(C)cc12. The predicted molar refractivity (Wildman–Crippen MR) is 83.5 cm³/mol. The van der Waals surface area contributed by atoms with Gasteiger partial charge in [0.05, 0.1) is 5.39 Å². The Kier molecular flexibility index (Phi) is 3.65. The fourth-order valence-electron chi connectivity index (χ4n) is 2.69. The molecule has 0 radical (unpaired) electrons. The molecule has 5 heteroatoms. The second-order valence-electron chi connectivity index (χ2n) is 5.54. The number of aromatic nitrogens is 2. The van der Waals surface area contributed by atoms with E-state index in [0.29, 0.717) is 0 Å². The van der Waals surface area contributed by atoms with Gasteiger partial charge in [-0.3, -0.25) is 0 Å². The van der Waals surface area contributed by atoms with E-state index < -0.39 is 0 Å². The number of rotatable bonds is 3. The number of fused-ring (bicyclic) bond motifs is 1. The predicted octanol–water partition coefficient (Wildman–Crippen LogP) is 3.85. The van der Waals surface area contributed by atoms with Crippen LogP contribution >= 0.6 is 11.3 Å². The molecule has 0 aliphatic carbocycles. The van der Waals surface area contributed by atoms with E-state index in [4.69, 9.17) is 14.7 Å². The van der Waals surface area contributed by atoms with Gasteiger partial charge in [0.15, 0.2) is 5.82 Å². The molecule has 1 fully saturated rings. The smallest absolute Gasteiger partial charge is 0.163 e. The van der Waals surface area contributed by atoms with Crippen molar-refractivity contribution in [3.63, 3.8) is 0 Å². The quantitative estimate of drug-likeness (QED) is 0.933. The van der Waals surface area contributed by atoms with Crippen LogP contribution in [-0.2, 0) is 10.3 Å². The first-order valence-corrected chi connectivity index (χ1v) is 8.10. The van der Waals surface area contributed by atoms with Gasteiger partial charge in [-0.15, -0.1) is 11.3 Å². The van der Waals surface area contributed by atoms with E-state index in [-0.39, 0.29) is 5.60 Å². The van der Waals surface area contributed by atoms with Crippen molar-refractivity contribution in [2.75, 3.05) is 18.5 Å². The molecule has 20 heavy (non-hydrogen) atoms. The number of hydrogen-bond acceptors (Lipinski definition) is 5. The summed E-state index contributed by atoms with van der Waals surface area (Å²) in [5.74, 6) is 1.76. The molecule has 0 aromatic carbocycles. The van der Waals surface area contributed by atoms with E-state index in [9.17, 15) is 0 Å². The zero-order valence-electron chi connectivity index (χ0n) is 12.3. The summed E-state index contributed by atoms with van der Waals surface area (Å²) in [4.78, 5) is 11.9. The second-order valence-corrected chi connectivity index (χ2v) is 6.77. The van der Waals surface area contributed by atoms with Crippen LogP contribution in [0.15, 0.2) is 6.07 Å². The first kappa shape index (κ1) is 13.8. The summed E-state index contributed by atoms with van der Waals surface area (Å²) in [5.41, 5.74) is -0.339. The van der Waals surface area contributed by atoms with Crippen LogP contribution in [0.1, 0.15) is 43.8 Å².